The number of hydrogen-bond donors (Lipinski definition) is 1. The SMILES string of the molecule is O=C(O)c1ccc(Sc2ccccc2F)nn1. The Morgan fingerprint density at radius 1 is 1.18 bits per heavy atom. The number of halogens is 1. The van der Waals surface area contributed by atoms with Crippen molar-refractivity contribution in [2.75, 3.05) is 0 Å². The summed E-state index contributed by atoms with van der Waals surface area (Å²) in [7, 11) is 0. The Bertz CT molecular complexity index is 545. The fraction of sp³-hybridized carbons (Fsp3) is 0. The van der Waals surface area contributed by atoms with E-state index in [1.165, 1.54) is 18.2 Å². The largest absolute Gasteiger partial charge is 0.476 e. The number of carbonyl (C=O) groups is 1. The van der Waals surface area contributed by atoms with Crippen molar-refractivity contribution in [2.24, 2.45) is 0 Å². The highest BCUT2D eigenvalue weighted by Gasteiger charge is 2.07. The molecule has 86 valence electrons. The molecule has 0 radical (unpaired) electrons. The highest BCUT2D eigenvalue weighted by atomic mass is 32.2. The van der Waals surface area contributed by atoms with Gasteiger partial charge in [-0.3, -0.25) is 0 Å². The van der Waals surface area contributed by atoms with Gasteiger partial charge in [0.1, 0.15) is 10.8 Å². The van der Waals surface area contributed by atoms with Gasteiger partial charge in [0.15, 0.2) is 5.69 Å². The zero-order valence-corrected chi connectivity index (χ0v) is 9.32. The predicted molar refractivity (Wildman–Crippen MR) is 59.5 cm³/mol. The van der Waals surface area contributed by atoms with Gasteiger partial charge in [0, 0.05) is 4.90 Å². The first-order valence-corrected chi connectivity index (χ1v) is 5.48. The minimum Gasteiger partial charge on any atom is -0.476 e. The minimum absolute atomic E-state index is 0.136. The molecule has 2 aromatic rings. The highest BCUT2D eigenvalue weighted by molar-refractivity contribution is 7.99. The van der Waals surface area contributed by atoms with Crippen LogP contribution < -0.4 is 0 Å². The summed E-state index contributed by atoms with van der Waals surface area (Å²) >= 11 is 1.09. The summed E-state index contributed by atoms with van der Waals surface area (Å²) < 4.78 is 13.3. The van der Waals surface area contributed by atoms with Gasteiger partial charge in [-0.25, -0.2) is 9.18 Å². The van der Waals surface area contributed by atoms with E-state index in [1.54, 1.807) is 18.2 Å². The molecule has 17 heavy (non-hydrogen) atoms. The molecule has 0 bridgehead atoms. The molecule has 0 fully saturated rings. The lowest BCUT2D eigenvalue weighted by atomic mass is 10.3. The number of carboxylic acid groups (broad SMARTS) is 1. The van der Waals surface area contributed by atoms with Gasteiger partial charge < -0.3 is 5.11 Å². The van der Waals surface area contributed by atoms with Crippen LogP contribution in [-0.4, -0.2) is 21.3 Å². The van der Waals surface area contributed by atoms with Gasteiger partial charge in [0.2, 0.25) is 0 Å². The normalized spacial score (nSPS) is 10.2. The van der Waals surface area contributed by atoms with E-state index in [-0.39, 0.29) is 11.5 Å². The van der Waals surface area contributed by atoms with E-state index in [9.17, 15) is 9.18 Å². The molecule has 0 saturated heterocycles. The van der Waals surface area contributed by atoms with Crippen LogP contribution in [0.25, 0.3) is 0 Å². The zero-order chi connectivity index (χ0) is 12.3. The van der Waals surface area contributed by atoms with E-state index >= 15 is 0 Å². The van der Waals surface area contributed by atoms with Crippen LogP contribution in [0.15, 0.2) is 46.3 Å². The van der Waals surface area contributed by atoms with Crippen LogP contribution in [-0.2, 0) is 0 Å². The maximum atomic E-state index is 13.3. The second kappa shape index (κ2) is 4.92. The molecule has 0 atom stereocenters. The molecule has 0 amide bonds. The second-order valence-electron chi connectivity index (χ2n) is 3.09. The van der Waals surface area contributed by atoms with Gasteiger partial charge >= 0.3 is 5.97 Å². The summed E-state index contributed by atoms with van der Waals surface area (Å²) in [5.74, 6) is -1.48. The second-order valence-corrected chi connectivity index (χ2v) is 4.16. The molecule has 1 aromatic carbocycles. The maximum absolute atomic E-state index is 13.3. The smallest absolute Gasteiger partial charge is 0.356 e. The van der Waals surface area contributed by atoms with Crippen molar-refractivity contribution in [3.05, 3.63) is 47.9 Å². The van der Waals surface area contributed by atoms with Crippen molar-refractivity contribution in [1.29, 1.82) is 0 Å². The number of aromatic carboxylic acids is 1. The molecule has 1 heterocycles. The summed E-state index contributed by atoms with van der Waals surface area (Å²) in [6, 6.07) is 9.10. The van der Waals surface area contributed by atoms with E-state index in [2.05, 4.69) is 10.2 Å². The van der Waals surface area contributed by atoms with E-state index in [1.807, 2.05) is 0 Å². The van der Waals surface area contributed by atoms with Crippen LogP contribution in [0.1, 0.15) is 10.5 Å². The van der Waals surface area contributed by atoms with Gasteiger partial charge in [0.25, 0.3) is 0 Å². The topological polar surface area (TPSA) is 63.1 Å². The van der Waals surface area contributed by atoms with Crippen molar-refractivity contribution in [1.82, 2.24) is 10.2 Å². The third kappa shape index (κ3) is 2.79. The maximum Gasteiger partial charge on any atom is 0.356 e. The molecule has 0 saturated carbocycles. The standard InChI is InChI=1S/C11H7FN2O2S/c12-7-3-1-2-4-9(7)17-10-6-5-8(11(15)16)13-14-10/h1-6H,(H,15,16). The summed E-state index contributed by atoms with van der Waals surface area (Å²) in [5, 5.41) is 16.3. The fourth-order valence-electron chi connectivity index (χ4n) is 1.13. The summed E-state index contributed by atoms with van der Waals surface area (Å²) in [6.07, 6.45) is 0. The molecule has 0 spiro atoms. The van der Waals surface area contributed by atoms with Crippen LogP contribution in [0.4, 0.5) is 4.39 Å². The van der Waals surface area contributed by atoms with Crippen molar-refractivity contribution < 1.29 is 14.3 Å². The van der Waals surface area contributed by atoms with Crippen molar-refractivity contribution in [3.63, 3.8) is 0 Å². The number of rotatable bonds is 3. The van der Waals surface area contributed by atoms with Gasteiger partial charge in [-0.1, -0.05) is 23.9 Å². The Kier molecular flexibility index (Phi) is 3.34. The summed E-state index contributed by atoms with van der Waals surface area (Å²) in [4.78, 5) is 11.0. The van der Waals surface area contributed by atoms with Crippen LogP contribution in [0.2, 0.25) is 0 Å². The lowest BCUT2D eigenvalue weighted by molar-refractivity contribution is 0.0689. The van der Waals surface area contributed by atoms with Crippen molar-refractivity contribution in [3.8, 4) is 0 Å². The molecule has 1 aromatic heterocycles. The lowest BCUT2D eigenvalue weighted by Crippen LogP contribution is -2.01. The quantitative estimate of drug-likeness (QED) is 0.906. The minimum atomic E-state index is -1.14. The first-order valence-electron chi connectivity index (χ1n) is 4.66. The Morgan fingerprint density at radius 3 is 2.53 bits per heavy atom. The average Bonchev–Trinajstić information content (AvgIpc) is 2.33. The predicted octanol–water partition coefficient (Wildman–Crippen LogP) is 2.47. The number of carboxylic acids is 1. The zero-order valence-electron chi connectivity index (χ0n) is 8.50. The third-order valence-corrected chi connectivity index (χ3v) is 2.89. The van der Waals surface area contributed by atoms with Crippen LogP contribution in [0.3, 0.4) is 0 Å². The molecule has 0 unspecified atom stereocenters. The van der Waals surface area contributed by atoms with Gasteiger partial charge in [-0.05, 0) is 24.3 Å². The first-order chi connectivity index (χ1) is 8.16. The van der Waals surface area contributed by atoms with Crippen LogP contribution in [0.5, 0.6) is 0 Å². The molecule has 1 N–H and O–H groups in total. The Hall–Kier alpha value is -1.95. The fourth-order valence-corrected chi connectivity index (χ4v) is 1.88. The molecule has 4 nitrogen and oxygen atoms in total. The molecule has 0 aliphatic carbocycles. The van der Waals surface area contributed by atoms with Gasteiger partial charge in [-0.2, -0.15) is 0 Å². The molecule has 0 aliphatic rings. The Morgan fingerprint density at radius 2 is 1.94 bits per heavy atom. The number of nitrogens with zero attached hydrogens (tertiary/aromatic N) is 2. The molecule has 0 aliphatic heterocycles. The van der Waals surface area contributed by atoms with Gasteiger partial charge in [-0.15, -0.1) is 10.2 Å². The van der Waals surface area contributed by atoms with Crippen molar-refractivity contribution >= 4 is 17.7 Å². The first kappa shape index (κ1) is 11.5. The van der Waals surface area contributed by atoms with E-state index < -0.39 is 5.97 Å². The van der Waals surface area contributed by atoms with Crippen LogP contribution >= 0.6 is 11.8 Å². The number of aromatic nitrogens is 2. The van der Waals surface area contributed by atoms with Crippen molar-refractivity contribution in [2.45, 2.75) is 9.92 Å². The van der Waals surface area contributed by atoms with Gasteiger partial charge in [0.05, 0.1) is 0 Å². The van der Waals surface area contributed by atoms with Crippen LogP contribution in [0, 0.1) is 5.82 Å². The Labute approximate surface area is 101 Å². The molecule has 6 heteroatoms. The Balaban J connectivity index is 2.20. The average molecular weight is 250 g/mol. The summed E-state index contributed by atoms with van der Waals surface area (Å²) in [5.41, 5.74) is -0.136. The monoisotopic (exact) mass is 250 g/mol. The van der Waals surface area contributed by atoms with E-state index in [4.69, 9.17) is 5.11 Å². The molecule has 2 rings (SSSR count). The van der Waals surface area contributed by atoms with E-state index in [0.29, 0.717) is 9.92 Å². The summed E-state index contributed by atoms with van der Waals surface area (Å²) in [6.45, 7) is 0. The lowest BCUT2D eigenvalue weighted by Gasteiger charge is -2.01. The number of benzene rings is 1. The number of hydrogen-bond acceptors (Lipinski definition) is 4. The molecular formula is C11H7FN2O2S. The highest BCUT2D eigenvalue weighted by Crippen LogP contribution is 2.27. The van der Waals surface area contributed by atoms with E-state index in [0.717, 1.165) is 11.8 Å². The molecular weight excluding hydrogens is 243 g/mol. The third-order valence-electron chi connectivity index (χ3n) is 1.91.